The highest BCUT2D eigenvalue weighted by atomic mass is 32.2. The van der Waals surface area contributed by atoms with Crippen LogP contribution in [-0.2, 0) is 19.6 Å². The highest BCUT2D eigenvalue weighted by molar-refractivity contribution is 7.93. The topological polar surface area (TPSA) is 102 Å². The summed E-state index contributed by atoms with van der Waals surface area (Å²) in [5, 5.41) is 3.42. The molecule has 1 aromatic rings. The zero-order valence-corrected chi connectivity index (χ0v) is 15.1. The molecule has 0 aromatic heterocycles. The van der Waals surface area contributed by atoms with Crippen LogP contribution in [0, 0.1) is 0 Å². The Balaban J connectivity index is 2.22. The third-order valence-corrected chi connectivity index (χ3v) is 4.09. The van der Waals surface area contributed by atoms with Crippen LogP contribution >= 0.6 is 0 Å². The van der Waals surface area contributed by atoms with Crippen LogP contribution in [0.2, 0.25) is 0 Å². The molecular formula is C17H24N2O5S. The van der Waals surface area contributed by atoms with Crippen LogP contribution in [0.25, 0.3) is 6.08 Å². The van der Waals surface area contributed by atoms with Crippen molar-refractivity contribution in [1.29, 1.82) is 0 Å². The molecule has 25 heavy (non-hydrogen) atoms. The fourth-order valence-electron chi connectivity index (χ4n) is 1.94. The van der Waals surface area contributed by atoms with E-state index in [2.05, 4.69) is 5.32 Å². The van der Waals surface area contributed by atoms with E-state index in [9.17, 15) is 18.0 Å². The van der Waals surface area contributed by atoms with E-state index < -0.39 is 16.1 Å². The fraction of sp³-hybridized carbons (Fsp3) is 0.412. The van der Waals surface area contributed by atoms with Gasteiger partial charge in [-0.1, -0.05) is 36.8 Å². The molecule has 0 radical (unpaired) electrons. The van der Waals surface area contributed by atoms with Crippen molar-refractivity contribution in [2.45, 2.75) is 32.6 Å². The van der Waals surface area contributed by atoms with Crippen molar-refractivity contribution >= 4 is 28.1 Å². The third-order valence-electron chi connectivity index (χ3n) is 3.12. The van der Waals surface area contributed by atoms with Gasteiger partial charge in [-0.2, -0.15) is 0 Å². The van der Waals surface area contributed by atoms with E-state index in [-0.39, 0.29) is 5.97 Å². The van der Waals surface area contributed by atoms with E-state index in [1.165, 1.54) is 6.08 Å². The molecule has 0 aliphatic heterocycles. The van der Waals surface area contributed by atoms with Gasteiger partial charge in [0.1, 0.15) is 0 Å². The highest BCUT2D eigenvalue weighted by Crippen LogP contribution is 2.03. The number of hydrogen-bond donors (Lipinski definition) is 2. The number of ether oxygens (including phenoxy) is 1. The number of carbonyl (C=O) groups excluding carboxylic acids is 2. The molecule has 1 rings (SSSR count). The van der Waals surface area contributed by atoms with E-state index >= 15 is 0 Å². The van der Waals surface area contributed by atoms with Crippen molar-refractivity contribution in [3.8, 4) is 0 Å². The number of urea groups is 1. The molecule has 2 amide bonds. The first-order valence-electron chi connectivity index (χ1n) is 8.12. The Labute approximate surface area is 148 Å². The molecule has 0 unspecified atom stereocenters. The summed E-state index contributed by atoms with van der Waals surface area (Å²) in [6.45, 7) is 2.45. The lowest BCUT2D eigenvalue weighted by atomic mass is 10.2. The van der Waals surface area contributed by atoms with E-state index in [0.29, 0.717) is 32.4 Å². The van der Waals surface area contributed by atoms with Crippen LogP contribution < -0.4 is 10.0 Å². The number of unbranched alkanes of at least 4 members (excludes halogenated alkanes) is 2. The van der Waals surface area contributed by atoms with Gasteiger partial charge in [-0.3, -0.25) is 4.79 Å². The largest absolute Gasteiger partial charge is 0.466 e. The summed E-state index contributed by atoms with van der Waals surface area (Å²) in [7, 11) is -3.85. The van der Waals surface area contributed by atoms with Crippen molar-refractivity contribution < 1.29 is 22.7 Å². The SMILES string of the molecule is CCOC(=O)CCCCCNC(=O)NS(=O)(=O)/C=C/c1ccccc1. The molecule has 1 aromatic carbocycles. The van der Waals surface area contributed by atoms with Crippen molar-refractivity contribution in [2.75, 3.05) is 13.2 Å². The number of sulfonamides is 1. The standard InChI is InChI=1S/C17H24N2O5S/c1-2-24-16(20)11-7-4-8-13-18-17(21)19-25(22,23)14-12-15-9-5-3-6-10-15/h3,5-6,9-10,12,14H,2,4,7-8,11,13H2,1H3,(H2,18,19,21)/b14-12+. The number of benzene rings is 1. The Kier molecular flexibility index (Phi) is 9.31. The molecule has 138 valence electrons. The minimum absolute atomic E-state index is 0.232. The molecule has 0 bridgehead atoms. The zero-order valence-electron chi connectivity index (χ0n) is 14.2. The minimum Gasteiger partial charge on any atom is -0.466 e. The van der Waals surface area contributed by atoms with Crippen LogP contribution in [0.5, 0.6) is 0 Å². The van der Waals surface area contributed by atoms with Crippen molar-refractivity contribution in [1.82, 2.24) is 10.0 Å². The van der Waals surface area contributed by atoms with E-state index in [1.54, 1.807) is 31.2 Å². The molecule has 0 saturated carbocycles. The summed E-state index contributed by atoms with van der Waals surface area (Å²) in [4.78, 5) is 22.7. The summed E-state index contributed by atoms with van der Waals surface area (Å²) in [6, 6.07) is 8.13. The van der Waals surface area contributed by atoms with Gasteiger partial charge in [0.05, 0.1) is 12.0 Å². The molecule has 0 aliphatic rings. The van der Waals surface area contributed by atoms with Crippen LogP contribution in [0.3, 0.4) is 0 Å². The molecule has 0 aliphatic carbocycles. The Morgan fingerprint density at radius 3 is 2.52 bits per heavy atom. The molecule has 0 spiro atoms. The van der Waals surface area contributed by atoms with E-state index in [4.69, 9.17) is 4.74 Å². The summed E-state index contributed by atoms with van der Waals surface area (Å²) >= 11 is 0. The summed E-state index contributed by atoms with van der Waals surface area (Å²) in [6.07, 6.45) is 3.80. The predicted octanol–water partition coefficient (Wildman–Crippen LogP) is 2.41. The van der Waals surface area contributed by atoms with Crippen LogP contribution in [0.4, 0.5) is 4.79 Å². The highest BCUT2D eigenvalue weighted by Gasteiger charge is 2.10. The maximum Gasteiger partial charge on any atom is 0.328 e. The molecule has 0 atom stereocenters. The summed E-state index contributed by atoms with van der Waals surface area (Å²) < 4.78 is 30.3. The van der Waals surface area contributed by atoms with Gasteiger partial charge >= 0.3 is 12.0 Å². The molecule has 0 fully saturated rings. The average molecular weight is 368 g/mol. The monoisotopic (exact) mass is 368 g/mol. The third kappa shape index (κ3) is 10.2. The summed E-state index contributed by atoms with van der Waals surface area (Å²) in [5.74, 6) is -0.232. The molecular weight excluding hydrogens is 344 g/mol. The Morgan fingerprint density at radius 1 is 1.12 bits per heavy atom. The molecule has 2 N–H and O–H groups in total. The first kappa shape index (κ1) is 20.7. The van der Waals surface area contributed by atoms with Gasteiger partial charge in [0.25, 0.3) is 10.0 Å². The van der Waals surface area contributed by atoms with Gasteiger partial charge in [0.2, 0.25) is 0 Å². The second kappa shape index (κ2) is 11.2. The fourth-order valence-corrected chi connectivity index (χ4v) is 2.67. The van der Waals surface area contributed by atoms with Gasteiger partial charge in [-0.25, -0.2) is 17.9 Å². The van der Waals surface area contributed by atoms with Crippen molar-refractivity contribution in [2.24, 2.45) is 0 Å². The Morgan fingerprint density at radius 2 is 1.84 bits per heavy atom. The van der Waals surface area contributed by atoms with Crippen LogP contribution in [0.15, 0.2) is 35.7 Å². The lowest BCUT2D eigenvalue weighted by molar-refractivity contribution is -0.143. The van der Waals surface area contributed by atoms with Gasteiger partial charge in [-0.05, 0) is 31.4 Å². The van der Waals surface area contributed by atoms with Crippen LogP contribution in [-0.4, -0.2) is 33.6 Å². The number of carbonyl (C=O) groups is 2. The van der Waals surface area contributed by atoms with E-state index in [0.717, 1.165) is 17.4 Å². The Hall–Kier alpha value is -2.35. The van der Waals surface area contributed by atoms with Crippen molar-refractivity contribution in [3.63, 3.8) is 0 Å². The van der Waals surface area contributed by atoms with Crippen LogP contribution in [0.1, 0.15) is 38.2 Å². The average Bonchev–Trinajstić information content (AvgIpc) is 2.57. The lowest BCUT2D eigenvalue weighted by Crippen LogP contribution is -2.38. The Bertz CT molecular complexity index is 672. The first-order valence-corrected chi connectivity index (χ1v) is 9.67. The second-order valence-electron chi connectivity index (χ2n) is 5.23. The van der Waals surface area contributed by atoms with Gasteiger partial charge in [0, 0.05) is 13.0 Å². The van der Waals surface area contributed by atoms with Gasteiger partial charge < -0.3 is 10.1 Å². The maximum absolute atomic E-state index is 11.8. The number of rotatable bonds is 10. The number of esters is 1. The summed E-state index contributed by atoms with van der Waals surface area (Å²) in [5.41, 5.74) is 0.717. The number of amides is 2. The molecule has 0 heterocycles. The van der Waals surface area contributed by atoms with Gasteiger partial charge in [0.15, 0.2) is 0 Å². The molecule has 0 saturated heterocycles. The normalized spacial score (nSPS) is 11.2. The number of hydrogen-bond acceptors (Lipinski definition) is 5. The number of nitrogens with one attached hydrogen (secondary N) is 2. The molecule has 8 heteroatoms. The maximum atomic E-state index is 11.8. The quantitative estimate of drug-likeness (QED) is 0.488. The second-order valence-corrected chi connectivity index (χ2v) is 6.80. The first-order chi connectivity index (χ1) is 11.9. The lowest BCUT2D eigenvalue weighted by Gasteiger charge is -2.06. The van der Waals surface area contributed by atoms with Gasteiger partial charge in [-0.15, -0.1) is 0 Å². The smallest absolute Gasteiger partial charge is 0.328 e. The van der Waals surface area contributed by atoms with Crippen molar-refractivity contribution in [3.05, 3.63) is 41.3 Å². The predicted molar refractivity (Wildman–Crippen MR) is 96.0 cm³/mol. The molecule has 7 nitrogen and oxygen atoms in total. The minimum atomic E-state index is -3.85. The van der Waals surface area contributed by atoms with E-state index in [1.807, 2.05) is 10.8 Å². The zero-order chi connectivity index (χ0) is 18.5.